The summed E-state index contributed by atoms with van der Waals surface area (Å²) in [6.45, 7) is 0.545. The fourth-order valence-corrected chi connectivity index (χ4v) is 3.46. The molecule has 1 unspecified atom stereocenters. The van der Waals surface area contributed by atoms with E-state index in [1.165, 1.54) is 32.5 Å². The number of nitrogens with two attached hydrogens (primary N) is 3. The van der Waals surface area contributed by atoms with Gasteiger partial charge < -0.3 is 41.3 Å². The first-order valence-corrected chi connectivity index (χ1v) is 11.4. The van der Waals surface area contributed by atoms with E-state index < -0.39 is 17.9 Å². The Morgan fingerprint density at radius 2 is 1.71 bits per heavy atom. The van der Waals surface area contributed by atoms with Crippen LogP contribution in [0.15, 0.2) is 52.8 Å². The van der Waals surface area contributed by atoms with Gasteiger partial charge in [0.1, 0.15) is 5.70 Å². The van der Waals surface area contributed by atoms with Crippen LogP contribution in [-0.4, -0.2) is 57.8 Å². The molecule has 0 aliphatic heterocycles. The SMILES string of the molecule is COc1ccc(C(=O)NCCN(N)/C=C(\N)C(=O)NC(CN)c2ccc(Br)cc2)c(OC)c1OC. The van der Waals surface area contributed by atoms with Gasteiger partial charge in [0.15, 0.2) is 11.5 Å². The third-order valence-electron chi connectivity index (χ3n) is 4.98. The first-order chi connectivity index (χ1) is 16.7. The molecule has 0 saturated carbocycles. The molecule has 0 heterocycles. The molecule has 190 valence electrons. The zero-order chi connectivity index (χ0) is 26.0. The number of benzene rings is 2. The monoisotopic (exact) mass is 550 g/mol. The third kappa shape index (κ3) is 7.50. The van der Waals surface area contributed by atoms with Crippen LogP contribution in [0.2, 0.25) is 0 Å². The summed E-state index contributed by atoms with van der Waals surface area (Å²) in [6, 6.07) is 10.2. The average Bonchev–Trinajstić information content (AvgIpc) is 2.86. The molecular formula is C23H31BrN6O5. The number of hydrazine groups is 1. The summed E-state index contributed by atoms with van der Waals surface area (Å²) in [5.41, 5.74) is 12.7. The van der Waals surface area contributed by atoms with E-state index in [1.54, 1.807) is 12.1 Å². The highest BCUT2D eigenvalue weighted by Gasteiger charge is 2.20. The molecule has 0 saturated heterocycles. The van der Waals surface area contributed by atoms with Crippen LogP contribution in [0.3, 0.4) is 0 Å². The summed E-state index contributed by atoms with van der Waals surface area (Å²) in [5.74, 6) is 6.00. The van der Waals surface area contributed by atoms with Gasteiger partial charge >= 0.3 is 0 Å². The van der Waals surface area contributed by atoms with Gasteiger partial charge in [-0.2, -0.15) is 0 Å². The van der Waals surface area contributed by atoms with Crippen LogP contribution >= 0.6 is 15.9 Å². The predicted molar refractivity (Wildman–Crippen MR) is 136 cm³/mol. The second-order valence-corrected chi connectivity index (χ2v) is 8.19. The lowest BCUT2D eigenvalue weighted by Gasteiger charge is -2.19. The molecule has 2 aromatic carbocycles. The molecule has 1 atom stereocenters. The van der Waals surface area contributed by atoms with Gasteiger partial charge in [-0.05, 0) is 29.8 Å². The molecule has 2 rings (SSSR count). The predicted octanol–water partition coefficient (Wildman–Crippen LogP) is 0.997. The minimum Gasteiger partial charge on any atom is -0.493 e. The maximum Gasteiger partial charge on any atom is 0.269 e. The Labute approximate surface area is 212 Å². The number of hydrogen-bond acceptors (Lipinski definition) is 9. The Hall–Kier alpha value is -3.48. The maximum atomic E-state index is 12.6. The smallest absolute Gasteiger partial charge is 0.269 e. The van der Waals surface area contributed by atoms with Gasteiger partial charge in [0.05, 0.1) is 39.5 Å². The van der Waals surface area contributed by atoms with Crippen LogP contribution < -0.4 is 42.2 Å². The van der Waals surface area contributed by atoms with Gasteiger partial charge in [-0.1, -0.05) is 28.1 Å². The van der Waals surface area contributed by atoms with Crippen LogP contribution in [0.4, 0.5) is 0 Å². The van der Waals surface area contributed by atoms with E-state index in [9.17, 15) is 9.59 Å². The van der Waals surface area contributed by atoms with E-state index in [4.69, 9.17) is 31.5 Å². The van der Waals surface area contributed by atoms with Crippen LogP contribution in [0.25, 0.3) is 0 Å². The van der Waals surface area contributed by atoms with Crippen LogP contribution in [0, 0.1) is 0 Å². The fraction of sp³-hybridized carbons (Fsp3) is 0.304. The minimum absolute atomic E-state index is 0.101. The lowest BCUT2D eigenvalue weighted by molar-refractivity contribution is -0.118. The number of amides is 2. The molecule has 8 N–H and O–H groups in total. The first-order valence-electron chi connectivity index (χ1n) is 10.6. The topological polar surface area (TPSA) is 167 Å². The number of carbonyl (C=O) groups is 2. The number of hydrogen-bond donors (Lipinski definition) is 5. The van der Waals surface area contributed by atoms with Crippen LogP contribution in [0.1, 0.15) is 22.0 Å². The molecular weight excluding hydrogens is 520 g/mol. The molecule has 0 spiro atoms. The number of methoxy groups -OCH3 is 3. The van der Waals surface area contributed by atoms with Crippen molar-refractivity contribution in [1.29, 1.82) is 0 Å². The average molecular weight is 551 g/mol. The van der Waals surface area contributed by atoms with E-state index in [1.807, 2.05) is 24.3 Å². The molecule has 35 heavy (non-hydrogen) atoms. The van der Waals surface area contributed by atoms with Crippen molar-refractivity contribution in [2.75, 3.05) is 41.0 Å². The lowest BCUT2D eigenvalue weighted by Crippen LogP contribution is -2.39. The normalized spacial score (nSPS) is 11.9. The quantitative estimate of drug-likeness (QED) is 0.147. The highest BCUT2D eigenvalue weighted by atomic mass is 79.9. The van der Waals surface area contributed by atoms with Crippen molar-refractivity contribution < 1.29 is 23.8 Å². The largest absolute Gasteiger partial charge is 0.493 e. The molecule has 0 aliphatic carbocycles. The Morgan fingerprint density at radius 3 is 2.29 bits per heavy atom. The van der Waals surface area contributed by atoms with E-state index in [-0.39, 0.29) is 36.6 Å². The fourth-order valence-electron chi connectivity index (χ4n) is 3.19. The minimum atomic E-state index is -0.516. The zero-order valence-electron chi connectivity index (χ0n) is 19.8. The summed E-state index contributed by atoms with van der Waals surface area (Å²) in [4.78, 5) is 25.1. The molecule has 2 amide bonds. The van der Waals surface area contributed by atoms with Crippen LogP contribution in [-0.2, 0) is 4.79 Å². The van der Waals surface area contributed by atoms with Crippen molar-refractivity contribution in [2.24, 2.45) is 17.3 Å². The number of ether oxygens (including phenoxy) is 3. The Bertz CT molecular complexity index is 1050. The third-order valence-corrected chi connectivity index (χ3v) is 5.51. The van der Waals surface area contributed by atoms with E-state index in [0.29, 0.717) is 11.5 Å². The second kappa shape index (κ2) is 13.4. The molecule has 12 heteroatoms. The standard InChI is InChI=1S/C23H31BrN6O5/c1-33-19-9-8-16(20(34-2)21(19)35-3)22(31)28-10-11-30(27)13-17(26)23(32)29-18(12-25)14-4-6-15(24)7-5-14/h4-9,13,18H,10-12,25-27H2,1-3H3,(H,28,31)(H,29,32)/b17-13-. The van der Waals surface area contributed by atoms with Gasteiger partial charge in [0.2, 0.25) is 5.75 Å². The van der Waals surface area contributed by atoms with E-state index >= 15 is 0 Å². The lowest BCUT2D eigenvalue weighted by atomic mass is 10.1. The van der Waals surface area contributed by atoms with Crippen molar-refractivity contribution >= 4 is 27.7 Å². The first kappa shape index (κ1) is 27.8. The molecule has 0 bridgehead atoms. The number of halogens is 1. The van der Waals surface area contributed by atoms with Gasteiger partial charge in [0.25, 0.3) is 11.8 Å². The Kier molecular flexibility index (Phi) is 10.6. The molecule has 0 radical (unpaired) electrons. The molecule has 2 aromatic rings. The van der Waals surface area contributed by atoms with Crippen molar-refractivity contribution in [1.82, 2.24) is 15.6 Å². The summed E-state index contributed by atoms with van der Waals surface area (Å²) in [6.07, 6.45) is 1.29. The highest BCUT2D eigenvalue weighted by molar-refractivity contribution is 9.10. The number of rotatable bonds is 12. The summed E-state index contributed by atoms with van der Waals surface area (Å²) < 4.78 is 16.8. The Morgan fingerprint density at radius 1 is 1.06 bits per heavy atom. The van der Waals surface area contributed by atoms with Gasteiger partial charge in [-0.3, -0.25) is 9.59 Å². The van der Waals surface area contributed by atoms with Crippen molar-refractivity contribution in [3.8, 4) is 17.2 Å². The highest BCUT2D eigenvalue weighted by Crippen LogP contribution is 2.39. The van der Waals surface area contributed by atoms with E-state index in [2.05, 4.69) is 26.6 Å². The summed E-state index contributed by atoms with van der Waals surface area (Å²) in [5, 5.41) is 6.72. The second-order valence-electron chi connectivity index (χ2n) is 7.27. The van der Waals surface area contributed by atoms with E-state index in [0.717, 1.165) is 10.0 Å². The molecule has 0 aliphatic rings. The van der Waals surface area contributed by atoms with Crippen LogP contribution in [0.5, 0.6) is 17.2 Å². The Balaban J connectivity index is 1.94. The molecule has 0 fully saturated rings. The van der Waals surface area contributed by atoms with Crippen molar-refractivity contribution in [2.45, 2.75) is 6.04 Å². The molecule has 0 aromatic heterocycles. The van der Waals surface area contributed by atoms with Gasteiger partial charge in [0, 0.05) is 23.8 Å². The maximum absolute atomic E-state index is 12.6. The van der Waals surface area contributed by atoms with Gasteiger partial charge in [-0.15, -0.1) is 0 Å². The van der Waals surface area contributed by atoms with Crippen molar-refractivity contribution in [3.05, 3.63) is 63.9 Å². The van der Waals surface area contributed by atoms with Crippen molar-refractivity contribution in [3.63, 3.8) is 0 Å². The molecule has 11 nitrogen and oxygen atoms in total. The number of carbonyl (C=O) groups excluding carboxylic acids is 2. The summed E-state index contributed by atoms with van der Waals surface area (Å²) >= 11 is 3.37. The number of nitrogens with zero attached hydrogens (tertiary/aromatic N) is 1. The van der Waals surface area contributed by atoms with Gasteiger partial charge in [-0.25, -0.2) is 5.84 Å². The number of nitrogens with one attached hydrogen (secondary N) is 2. The zero-order valence-corrected chi connectivity index (χ0v) is 21.4. The summed E-state index contributed by atoms with van der Waals surface area (Å²) in [7, 11) is 4.37.